The van der Waals surface area contributed by atoms with Gasteiger partial charge in [-0.05, 0) is 49.9 Å². The van der Waals surface area contributed by atoms with Crippen LogP contribution in [0.5, 0.6) is 0 Å². The fraction of sp³-hybridized carbons (Fsp3) is 0.533. The van der Waals surface area contributed by atoms with E-state index in [4.69, 9.17) is 11.5 Å². The van der Waals surface area contributed by atoms with Crippen LogP contribution in [0.1, 0.15) is 43.1 Å². The lowest BCUT2D eigenvalue weighted by Crippen LogP contribution is -2.43. The summed E-state index contributed by atoms with van der Waals surface area (Å²) in [6.45, 7) is 8.91. The van der Waals surface area contributed by atoms with Crippen molar-refractivity contribution in [3.63, 3.8) is 0 Å². The lowest BCUT2D eigenvalue weighted by atomic mass is 9.90. The Labute approximate surface area is 115 Å². The molecule has 0 saturated heterocycles. The van der Waals surface area contributed by atoms with Crippen molar-refractivity contribution >= 4 is 11.6 Å². The second-order valence-electron chi connectivity index (χ2n) is 5.88. The quantitative estimate of drug-likeness (QED) is 0.736. The van der Waals surface area contributed by atoms with E-state index >= 15 is 0 Å². The standard InChI is InChI=1S/C15H25N3O/c1-10(2)8-15(4,9-16)18-12-5-6-13(14(17)19)11(3)7-12/h5-7,10,18H,8-9,16H2,1-4H3,(H2,17,19). The normalized spacial score (nSPS) is 14.2. The van der Waals surface area contributed by atoms with Crippen molar-refractivity contribution in [3.05, 3.63) is 29.3 Å². The van der Waals surface area contributed by atoms with Crippen molar-refractivity contribution < 1.29 is 4.79 Å². The average Bonchev–Trinajstić information content (AvgIpc) is 2.27. The summed E-state index contributed by atoms with van der Waals surface area (Å²) >= 11 is 0. The molecule has 1 aromatic carbocycles. The molecule has 0 bridgehead atoms. The van der Waals surface area contributed by atoms with Gasteiger partial charge in [0.25, 0.3) is 0 Å². The second kappa shape index (κ2) is 6.06. The summed E-state index contributed by atoms with van der Waals surface area (Å²) in [5, 5.41) is 3.47. The van der Waals surface area contributed by atoms with Crippen LogP contribution in [0.4, 0.5) is 5.69 Å². The minimum absolute atomic E-state index is 0.144. The highest BCUT2D eigenvalue weighted by molar-refractivity contribution is 5.94. The SMILES string of the molecule is Cc1cc(NC(C)(CN)CC(C)C)ccc1C(N)=O. The van der Waals surface area contributed by atoms with E-state index in [2.05, 4.69) is 26.1 Å². The lowest BCUT2D eigenvalue weighted by Gasteiger charge is -2.32. The number of benzene rings is 1. The van der Waals surface area contributed by atoms with Gasteiger partial charge in [0.1, 0.15) is 0 Å². The Kier molecular flexibility index (Phi) is 4.95. The maximum absolute atomic E-state index is 11.2. The maximum atomic E-state index is 11.2. The van der Waals surface area contributed by atoms with Crippen molar-refractivity contribution in [3.8, 4) is 0 Å². The average molecular weight is 263 g/mol. The van der Waals surface area contributed by atoms with Crippen LogP contribution >= 0.6 is 0 Å². The summed E-state index contributed by atoms with van der Waals surface area (Å²) in [5.74, 6) is 0.167. The van der Waals surface area contributed by atoms with Crippen molar-refractivity contribution in [2.24, 2.45) is 17.4 Å². The van der Waals surface area contributed by atoms with E-state index in [9.17, 15) is 4.79 Å². The molecule has 19 heavy (non-hydrogen) atoms. The zero-order valence-electron chi connectivity index (χ0n) is 12.3. The van der Waals surface area contributed by atoms with E-state index in [1.807, 2.05) is 19.1 Å². The monoisotopic (exact) mass is 263 g/mol. The zero-order chi connectivity index (χ0) is 14.6. The van der Waals surface area contributed by atoms with Crippen LogP contribution in [-0.2, 0) is 0 Å². The first-order chi connectivity index (χ1) is 8.77. The van der Waals surface area contributed by atoms with Gasteiger partial charge in [-0.1, -0.05) is 13.8 Å². The van der Waals surface area contributed by atoms with Gasteiger partial charge in [0.05, 0.1) is 0 Å². The molecule has 4 nitrogen and oxygen atoms in total. The fourth-order valence-corrected chi connectivity index (χ4v) is 2.45. The first kappa shape index (κ1) is 15.5. The van der Waals surface area contributed by atoms with Gasteiger partial charge in [0, 0.05) is 23.3 Å². The Bertz CT molecular complexity index is 457. The van der Waals surface area contributed by atoms with E-state index in [0.29, 0.717) is 18.0 Å². The Balaban J connectivity index is 2.92. The van der Waals surface area contributed by atoms with Gasteiger partial charge < -0.3 is 16.8 Å². The Hall–Kier alpha value is -1.55. The van der Waals surface area contributed by atoms with E-state index in [1.54, 1.807) is 6.07 Å². The van der Waals surface area contributed by atoms with Gasteiger partial charge in [-0.15, -0.1) is 0 Å². The summed E-state index contributed by atoms with van der Waals surface area (Å²) in [5.41, 5.74) is 13.4. The molecule has 1 aromatic rings. The van der Waals surface area contributed by atoms with E-state index < -0.39 is 5.91 Å². The number of amides is 1. The number of aryl methyl sites for hydroxylation is 1. The lowest BCUT2D eigenvalue weighted by molar-refractivity contribution is 0.1000. The van der Waals surface area contributed by atoms with Gasteiger partial charge in [-0.2, -0.15) is 0 Å². The second-order valence-corrected chi connectivity index (χ2v) is 5.88. The Morgan fingerprint density at radius 1 is 1.42 bits per heavy atom. The largest absolute Gasteiger partial charge is 0.379 e. The molecule has 4 heteroatoms. The molecule has 1 rings (SSSR count). The maximum Gasteiger partial charge on any atom is 0.248 e. The highest BCUT2D eigenvalue weighted by Crippen LogP contribution is 2.23. The highest BCUT2D eigenvalue weighted by atomic mass is 16.1. The van der Waals surface area contributed by atoms with Crippen LogP contribution in [0, 0.1) is 12.8 Å². The molecular weight excluding hydrogens is 238 g/mol. The van der Waals surface area contributed by atoms with E-state index in [-0.39, 0.29) is 5.54 Å². The minimum atomic E-state index is -0.396. The molecule has 1 unspecified atom stereocenters. The number of carbonyl (C=O) groups excluding carboxylic acids is 1. The molecule has 0 fully saturated rings. The number of carbonyl (C=O) groups is 1. The molecular formula is C15H25N3O. The smallest absolute Gasteiger partial charge is 0.248 e. The minimum Gasteiger partial charge on any atom is -0.379 e. The summed E-state index contributed by atoms with van der Waals surface area (Å²) in [4.78, 5) is 11.2. The molecule has 0 radical (unpaired) electrons. The predicted octanol–water partition coefficient (Wildman–Crippen LogP) is 2.27. The van der Waals surface area contributed by atoms with Gasteiger partial charge >= 0.3 is 0 Å². The third-order valence-corrected chi connectivity index (χ3v) is 3.25. The number of rotatable bonds is 6. The highest BCUT2D eigenvalue weighted by Gasteiger charge is 2.23. The summed E-state index contributed by atoms with van der Waals surface area (Å²) in [6, 6.07) is 5.57. The number of primary amides is 1. The molecule has 0 aliphatic rings. The molecule has 106 valence electrons. The van der Waals surface area contributed by atoms with Crippen molar-refractivity contribution in [1.29, 1.82) is 0 Å². The Morgan fingerprint density at radius 2 is 2.05 bits per heavy atom. The molecule has 0 heterocycles. The third kappa shape index (κ3) is 4.24. The topological polar surface area (TPSA) is 81.1 Å². The third-order valence-electron chi connectivity index (χ3n) is 3.25. The fourth-order valence-electron chi connectivity index (χ4n) is 2.45. The zero-order valence-corrected chi connectivity index (χ0v) is 12.3. The van der Waals surface area contributed by atoms with Crippen molar-refractivity contribution in [1.82, 2.24) is 0 Å². The van der Waals surface area contributed by atoms with E-state index in [0.717, 1.165) is 17.7 Å². The molecule has 0 aromatic heterocycles. The molecule has 0 aliphatic heterocycles. The Morgan fingerprint density at radius 3 is 2.47 bits per heavy atom. The van der Waals surface area contributed by atoms with Crippen LogP contribution in [-0.4, -0.2) is 18.0 Å². The molecule has 1 amide bonds. The van der Waals surface area contributed by atoms with Gasteiger partial charge in [-0.3, -0.25) is 4.79 Å². The van der Waals surface area contributed by atoms with Crippen LogP contribution < -0.4 is 16.8 Å². The molecule has 0 saturated carbocycles. The number of nitrogens with two attached hydrogens (primary N) is 2. The predicted molar refractivity (Wildman–Crippen MR) is 80.2 cm³/mol. The van der Waals surface area contributed by atoms with Gasteiger partial charge in [0.15, 0.2) is 0 Å². The first-order valence-electron chi connectivity index (χ1n) is 6.66. The number of nitrogens with one attached hydrogen (secondary N) is 1. The summed E-state index contributed by atoms with van der Waals surface area (Å²) < 4.78 is 0. The molecule has 0 spiro atoms. The summed E-state index contributed by atoms with van der Waals surface area (Å²) in [7, 11) is 0. The number of hydrogen-bond acceptors (Lipinski definition) is 3. The van der Waals surface area contributed by atoms with Crippen LogP contribution in [0.25, 0.3) is 0 Å². The van der Waals surface area contributed by atoms with Gasteiger partial charge in [-0.25, -0.2) is 0 Å². The van der Waals surface area contributed by atoms with Crippen LogP contribution in [0.3, 0.4) is 0 Å². The first-order valence-corrected chi connectivity index (χ1v) is 6.66. The number of hydrogen-bond donors (Lipinski definition) is 3. The molecule has 5 N–H and O–H groups in total. The van der Waals surface area contributed by atoms with Crippen LogP contribution in [0.15, 0.2) is 18.2 Å². The summed E-state index contributed by atoms with van der Waals surface area (Å²) in [6.07, 6.45) is 0.986. The van der Waals surface area contributed by atoms with Crippen LogP contribution in [0.2, 0.25) is 0 Å². The molecule has 0 aliphatic carbocycles. The molecule has 1 atom stereocenters. The van der Waals surface area contributed by atoms with Gasteiger partial charge in [0.2, 0.25) is 5.91 Å². The van der Waals surface area contributed by atoms with Crippen molar-refractivity contribution in [2.75, 3.05) is 11.9 Å². The van der Waals surface area contributed by atoms with Crippen molar-refractivity contribution in [2.45, 2.75) is 39.7 Å². The van der Waals surface area contributed by atoms with E-state index in [1.165, 1.54) is 0 Å². The number of anilines is 1.